The van der Waals surface area contributed by atoms with Crippen LogP contribution in [0.2, 0.25) is 0 Å². The lowest BCUT2D eigenvalue weighted by molar-refractivity contribution is 0.520. The average molecular weight is 364 g/mol. The zero-order valence-corrected chi connectivity index (χ0v) is 14.7. The fourth-order valence-electron chi connectivity index (χ4n) is 1.89. The van der Waals surface area contributed by atoms with Crippen LogP contribution in [0.5, 0.6) is 0 Å². The van der Waals surface area contributed by atoms with Crippen molar-refractivity contribution in [2.75, 3.05) is 18.8 Å². The second-order valence-corrected chi connectivity index (χ2v) is 8.92. The summed E-state index contributed by atoms with van der Waals surface area (Å²) in [6, 6.07) is 11.4. The van der Waals surface area contributed by atoms with Crippen LogP contribution in [-0.2, 0) is 20.0 Å². The van der Waals surface area contributed by atoms with Gasteiger partial charge in [0, 0.05) is 19.7 Å². The summed E-state index contributed by atoms with van der Waals surface area (Å²) in [7, 11) is -4.65. The van der Waals surface area contributed by atoms with Gasteiger partial charge in [-0.15, -0.1) is 6.42 Å². The molecule has 0 fully saturated rings. The number of terminal acetylenes is 1. The lowest BCUT2D eigenvalue weighted by Crippen LogP contribution is -2.22. The van der Waals surface area contributed by atoms with E-state index in [1.54, 1.807) is 18.2 Å². The molecule has 0 unspecified atom stereocenters. The van der Waals surface area contributed by atoms with Crippen LogP contribution in [0.1, 0.15) is 5.56 Å². The van der Waals surface area contributed by atoms with Crippen molar-refractivity contribution in [3.63, 3.8) is 0 Å². The monoisotopic (exact) mass is 364 g/mol. The van der Waals surface area contributed by atoms with E-state index in [-0.39, 0.29) is 9.79 Å². The predicted octanol–water partition coefficient (Wildman–Crippen LogP) is 1.72. The summed E-state index contributed by atoms with van der Waals surface area (Å²) in [5.74, 6) is 2.42. The van der Waals surface area contributed by atoms with Crippen LogP contribution >= 0.6 is 0 Å². The van der Waals surface area contributed by atoms with E-state index in [0.717, 1.165) is 4.31 Å². The molecule has 6 nitrogen and oxygen atoms in total. The standard InChI is InChI=1S/C16H16N2O4S2/c1-4-13-6-5-7-14(12-13)17-23(19,20)15-8-10-16(11-9-15)24(21,22)18(2)3/h1,5-12,17H,2-3H3. The Morgan fingerprint density at radius 2 is 1.54 bits per heavy atom. The van der Waals surface area contributed by atoms with Crippen LogP contribution in [0.15, 0.2) is 58.3 Å². The van der Waals surface area contributed by atoms with Gasteiger partial charge in [-0.3, -0.25) is 4.72 Å². The van der Waals surface area contributed by atoms with Crippen molar-refractivity contribution in [2.24, 2.45) is 0 Å². The summed E-state index contributed by atoms with van der Waals surface area (Å²) in [5.41, 5.74) is 0.873. The van der Waals surface area contributed by atoms with E-state index < -0.39 is 20.0 Å². The van der Waals surface area contributed by atoms with Crippen LogP contribution in [-0.4, -0.2) is 35.2 Å². The van der Waals surface area contributed by atoms with Gasteiger partial charge >= 0.3 is 0 Å². The van der Waals surface area contributed by atoms with Gasteiger partial charge in [-0.05, 0) is 42.5 Å². The van der Waals surface area contributed by atoms with E-state index in [9.17, 15) is 16.8 Å². The molecule has 126 valence electrons. The van der Waals surface area contributed by atoms with Gasteiger partial charge in [0.1, 0.15) is 0 Å². The molecule has 8 heteroatoms. The van der Waals surface area contributed by atoms with Gasteiger partial charge in [0.05, 0.1) is 15.5 Å². The first-order valence-electron chi connectivity index (χ1n) is 6.79. The van der Waals surface area contributed by atoms with Crippen molar-refractivity contribution >= 4 is 25.7 Å². The topological polar surface area (TPSA) is 83.5 Å². The van der Waals surface area contributed by atoms with E-state index in [1.165, 1.54) is 44.4 Å². The Bertz CT molecular complexity index is 987. The molecule has 0 atom stereocenters. The molecule has 0 heterocycles. The zero-order valence-electron chi connectivity index (χ0n) is 13.1. The van der Waals surface area contributed by atoms with E-state index in [4.69, 9.17) is 6.42 Å². The molecule has 0 aliphatic heterocycles. The van der Waals surface area contributed by atoms with Crippen LogP contribution in [0.3, 0.4) is 0 Å². The molecular weight excluding hydrogens is 348 g/mol. The quantitative estimate of drug-likeness (QED) is 0.819. The number of hydrogen-bond acceptors (Lipinski definition) is 4. The molecule has 24 heavy (non-hydrogen) atoms. The summed E-state index contributed by atoms with van der Waals surface area (Å²) in [6.07, 6.45) is 5.29. The third-order valence-electron chi connectivity index (χ3n) is 3.19. The number of sulfonamides is 2. The van der Waals surface area contributed by atoms with Crippen molar-refractivity contribution < 1.29 is 16.8 Å². The molecule has 2 aromatic rings. The molecule has 0 saturated heterocycles. The summed E-state index contributed by atoms with van der Waals surface area (Å²) in [4.78, 5) is -0.0351. The normalized spacial score (nSPS) is 11.9. The second-order valence-electron chi connectivity index (χ2n) is 5.09. The van der Waals surface area contributed by atoms with Crippen LogP contribution < -0.4 is 4.72 Å². The predicted molar refractivity (Wildman–Crippen MR) is 92.5 cm³/mol. The largest absolute Gasteiger partial charge is 0.280 e. The number of nitrogens with one attached hydrogen (secondary N) is 1. The van der Waals surface area contributed by atoms with Crippen molar-refractivity contribution in [3.05, 3.63) is 54.1 Å². The van der Waals surface area contributed by atoms with Gasteiger partial charge in [0.15, 0.2) is 0 Å². The molecule has 0 aliphatic carbocycles. The first-order chi connectivity index (χ1) is 11.2. The number of rotatable bonds is 5. The third-order valence-corrected chi connectivity index (χ3v) is 6.42. The van der Waals surface area contributed by atoms with Gasteiger partial charge in [0.25, 0.3) is 10.0 Å². The highest BCUT2D eigenvalue weighted by atomic mass is 32.2. The Morgan fingerprint density at radius 3 is 2.08 bits per heavy atom. The summed E-state index contributed by atoms with van der Waals surface area (Å²) < 4.78 is 52.2. The molecule has 2 rings (SSSR count). The van der Waals surface area contributed by atoms with Gasteiger partial charge in [-0.25, -0.2) is 21.1 Å². The molecule has 0 aliphatic rings. The van der Waals surface area contributed by atoms with Crippen molar-refractivity contribution in [3.8, 4) is 12.3 Å². The molecule has 0 saturated carbocycles. The Morgan fingerprint density at radius 1 is 0.958 bits per heavy atom. The number of nitrogens with zero attached hydrogens (tertiary/aromatic N) is 1. The minimum Gasteiger partial charge on any atom is -0.280 e. The molecule has 0 amide bonds. The second kappa shape index (κ2) is 6.65. The highest BCUT2D eigenvalue weighted by Crippen LogP contribution is 2.20. The molecule has 2 aromatic carbocycles. The minimum atomic E-state index is -3.85. The summed E-state index contributed by atoms with van der Waals surface area (Å²) in [6.45, 7) is 0. The van der Waals surface area contributed by atoms with E-state index in [0.29, 0.717) is 11.3 Å². The van der Waals surface area contributed by atoms with Crippen molar-refractivity contribution in [2.45, 2.75) is 9.79 Å². The summed E-state index contributed by atoms with van der Waals surface area (Å²) >= 11 is 0. The molecule has 0 bridgehead atoms. The summed E-state index contributed by atoms with van der Waals surface area (Å²) in [5, 5.41) is 0. The number of hydrogen-bond donors (Lipinski definition) is 1. The Kier molecular flexibility index (Phi) is 4.99. The number of benzene rings is 2. The maximum atomic E-state index is 12.4. The van der Waals surface area contributed by atoms with Crippen LogP contribution in [0.4, 0.5) is 5.69 Å². The molecule has 0 aromatic heterocycles. The minimum absolute atomic E-state index is 0.0146. The first-order valence-corrected chi connectivity index (χ1v) is 9.71. The van der Waals surface area contributed by atoms with Crippen molar-refractivity contribution in [1.29, 1.82) is 0 Å². The van der Waals surface area contributed by atoms with Gasteiger partial charge in [0.2, 0.25) is 10.0 Å². The SMILES string of the molecule is C#Cc1cccc(NS(=O)(=O)c2ccc(S(=O)(=O)N(C)C)cc2)c1. The lowest BCUT2D eigenvalue weighted by atomic mass is 10.2. The van der Waals surface area contributed by atoms with Crippen LogP contribution in [0, 0.1) is 12.3 Å². The fraction of sp³-hybridized carbons (Fsp3) is 0.125. The van der Waals surface area contributed by atoms with Gasteiger partial charge < -0.3 is 0 Å². The maximum absolute atomic E-state index is 12.4. The molecule has 0 radical (unpaired) electrons. The van der Waals surface area contributed by atoms with Gasteiger partial charge in [-0.2, -0.15) is 0 Å². The molecule has 1 N–H and O–H groups in total. The Hall–Kier alpha value is -2.34. The maximum Gasteiger partial charge on any atom is 0.261 e. The highest BCUT2D eigenvalue weighted by Gasteiger charge is 2.19. The Labute approximate surface area is 142 Å². The highest BCUT2D eigenvalue weighted by molar-refractivity contribution is 7.92. The fourth-order valence-corrected chi connectivity index (χ4v) is 3.84. The zero-order chi connectivity index (χ0) is 18.0. The van der Waals surface area contributed by atoms with Crippen molar-refractivity contribution in [1.82, 2.24) is 4.31 Å². The van der Waals surface area contributed by atoms with E-state index in [2.05, 4.69) is 10.6 Å². The van der Waals surface area contributed by atoms with E-state index in [1.807, 2.05) is 0 Å². The number of anilines is 1. The van der Waals surface area contributed by atoms with Gasteiger partial charge in [-0.1, -0.05) is 12.0 Å². The third kappa shape index (κ3) is 3.76. The first kappa shape index (κ1) is 18.0. The average Bonchev–Trinajstić information content (AvgIpc) is 2.54. The Balaban J connectivity index is 2.32. The van der Waals surface area contributed by atoms with E-state index >= 15 is 0 Å². The van der Waals surface area contributed by atoms with Crippen LogP contribution in [0.25, 0.3) is 0 Å². The lowest BCUT2D eigenvalue weighted by Gasteiger charge is -2.12. The molecular formula is C16H16N2O4S2. The molecule has 0 spiro atoms. The smallest absolute Gasteiger partial charge is 0.261 e.